The third-order valence-electron chi connectivity index (χ3n) is 4.21. The first kappa shape index (κ1) is 20.8. The van der Waals surface area contributed by atoms with Gasteiger partial charge in [-0.1, -0.05) is 35.9 Å². The number of hydrogen-bond donors (Lipinski definition) is 1. The van der Waals surface area contributed by atoms with Crippen LogP contribution in [0.1, 0.15) is 16.0 Å². The highest BCUT2D eigenvalue weighted by Crippen LogP contribution is 2.23. The fourth-order valence-electron chi connectivity index (χ4n) is 2.59. The quantitative estimate of drug-likeness (QED) is 0.461. The molecule has 3 rings (SSSR count). The molecule has 0 aliphatic rings. The van der Waals surface area contributed by atoms with Crippen molar-refractivity contribution in [3.63, 3.8) is 0 Å². The summed E-state index contributed by atoms with van der Waals surface area (Å²) >= 11 is 1.51. The summed E-state index contributed by atoms with van der Waals surface area (Å²) < 4.78 is 27.5. The van der Waals surface area contributed by atoms with Gasteiger partial charge in [-0.3, -0.25) is 9.10 Å². The maximum atomic E-state index is 13.2. The fraction of sp³-hybridized carbons (Fsp3) is 0.143. The molecule has 1 aromatic heterocycles. The number of rotatable bonds is 7. The van der Waals surface area contributed by atoms with Crippen molar-refractivity contribution in [3.05, 3.63) is 82.0 Å². The molecular weight excluding hydrogens is 406 g/mol. The normalized spacial score (nSPS) is 11.5. The maximum absolute atomic E-state index is 13.2. The second kappa shape index (κ2) is 9.02. The van der Waals surface area contributed by atoms with E-state index in [4.69, 9.17) is 0 Å². The van der Waals surface area contributed by atoms with Crippen LogP contribution in [0.2, 0.25) is 0 Å². The van der Waals surface area contributed by atoms with Crippen LogP contribution in [0, 0.1) is 13.8 Å². The van der Waals surface area contributed by atoms with Crippen molar-refractivity contribution in [2.45, 2.75) is 18.7 Å². The van der Waals surface area contributed by atoms with E-state index in [1.54, 1.807) is 48.7 Å². The van der Waals surface area contributed by atoms with Gasteiger partial charge in [0, 0.05) is 4.88 Å². The van der Waals surface area contributed by atoms with Gasteiger partial charge in [-0.2, -0.15) is 5.10 Å². The molecule has 3 aromatic rings. The number of thiophene rings is 1. The predicted octanol–water partition coefficient (Wildman–Crippen LogP) is 3.71. The molecule has 0 unspecified atom stereocenters. The maximum Gasteiger partial charge on any atom is 0.264 e. The number of aryl methyl sites for hydroxylation is 2. The first-order chi connectivity index (χ1) is 13.9. The lowest BCUT2D eigenvalue weighted by molar-refractivity contribution is -0.119. The highest BCUT2D eigenvalue weighted by molar-refractivity contribution is 7.92. The van der Waals surface area contributed by atoms with Crippen molar-refractivity contribution in [2.24, 2.45) is 5.10 Å². The van der Waals surface area contributed by atoms with Crippen LogP contribution >= 0.6 is 11.3 Å². The Balaban J connectivity index is 1.83. The molecule has 0 fully saturated rings. The standard InChI is InChI=1S/C21H21N3O3S2/c1-16-8-10-19(11-9-16)29(26,27)24(18-6-4-3-5-7-18)15-21(25)23-22-14-20-17(2)12-13-28-20/h3-14H,15H2,1-2H3,(H,23,25)/b22-14-. The summed E-state index contributed by atoms with van der Waals surface area (Å²) in [6.45, 7) is 3.44. The molecule has 0 aliphatic carbocycles. The van der Waals surface area contributed by atoms with Gasteiger partial charge in [0.1, 0.15) is 6.54 Å². The molecule has 6 nitrogen and oxygen atoms in total. The van der Waals surface area contributed by atoms with Gasteiger partial charge in [0.2, 0.25) is 0 Å². The Hall–Kier alpha value is -2.97. The van der Waals surface area contributed by atoms with Crippen molar-refractivity contribution in [1.29, 1.82) is 0 Å². The Morgan fingerprint density at radius 1 is 1.07 bits per heavy atom. The van der Waals surface area contributed by atoms with Crippen LogP contribution in [-0.4, -0.2) is 27.1 Å². The first-order valence-electron chi connectivity index (χ1n) is 8.88. The van der Waals surface area contributed by atoms with Gasteiger partial charge in [0.15, 0.2) is 0 Å². The second-order valence-electron chi connectivity index (χ2n) is 6.42. The Kier molecular flexibility index (Phi) is 6.46. The van der Waals surface area contributed by atoms with Crippen LogP contribution in [0.3, 0.4) is 0 Å². The number of nitrogens with zero attached hydrogens (tertiary/aromatic N) is 2. The molecule has 0 saturated carbocycles. The Morgan fingerprint density at radius 3 is 2.38 bits per heavy atom. The molecule has 0 bridgehead atoms. The summed E-state index contributed by atoms with van der Waals surface area (Å²) in [5, 5.41) is 5.89. The van der Waals surface area contributed by atoms with Crippen LogP contribution in [0.4, 0.5) is 5.69 Å². The molecule has 8 heteroatoms. The minimum atomic E-state index is -3.92. The molecule has 0 aliphatic heterocycles. The number of carbonyl (C=O) groups excluding carboxylic acids is 1. The first-order valence-corrected chi connectivity index (χ1v) is 11.2. The molecule has 2 aromatic carbocycles. The monoisotopic (exact) mass is 427 g/mol. The molecule has 29 heavy (non-hydrogen) atoms. The molecule has 0 radical (unpaired) electrons. The smallest absolute Gasteiger partial charge is 0.264 e. The summed E-state index contributed by atoms with van der Waals surface area (Å²) in [5.41, 5.74) is 4.82. The van der Waals surface area contributed by atoms with Crippen LogP contribution in [0.15, 0.2) is 76.0 Å². The Morgan fingerprint density at radius 2 is 1.76 bits per heavy atom. The number of nitrogens with one attached hydrogen (secondary N) is 1. The second-order valence-corrected chi connectivity index (χ2v) is 9.23. The number of sulfonamides is 1. The lowest BCUT2D eigenvalue weighted by Gasteiger charge is -2.23. The third-order valence-corrected chi connectivity index (χ3v) is 6.95. The molecular formula is C21H21N3O3S2. The van der Waals surface area contributed by atoms with Crippen LogP contribution in [0.25, 0.3) is 0 Å². The minimum Gasteiger partial charge on any atom is -0.271 e. The highest BCUT2D eigenvalue weighted by Gasteiger charge is 2.27. The van der Waals surface area contributed by atoms with Gasteiger partial charge in [0.05, 0.1) is 16.8 Å². The van der Waals surface area contributed by atoms with Crippen molar-refractivity contribution in [1.82, 2.24) is 5.43 Å². The number of hydrogen-bond acceptors (Lipinski definition) is 5. The van der Waals surface area contributed by atoms with E-state index in [9.17, 15) is 13.2 Å². The van der Waals surface area contributed by atoms with Crippen LogP contribution in [0.5, 0.6) is 0 Å². The van der Waals surface area contributed by atoms with Gasteiger partial charge >= 0.3 is 0 Å². The van der Waals surface area contributed by atoms with Crippen molar-refractivity contribution in [3.8, 4) is 0 Å². The number of anilines is 1. The predicted molar refractivity (Wildman–Crippen MR) is 117 cm³/mol. The van der Waals surface area contributed by atoms with Gasteiger partial charge in [0.25, 0.3) is 15.9 Å². The van der Waals surface area contributed by atoms with E-state index in [1.165, 1.54) is 23.5 Å². The fourth-order valence-corrected chi connectivity index (χ4v) is 4.80. The molecule has 1 heterocycles. The average Bonchev–Trinajstić information content (AvgIpc) is 3.12. The average molecular weight is 428 g/mol. The molecule has 0 spiro atoms. The largest absolute Gasteiger partial charge is 0.271 e. The number of hydrazone groups is 1. The van der Waals surface area contributed by atoms with E-state index in [0.717, 1.165) is 20.3 Å². The number of carbonyl (C=O) groups is 1. The SMILES string of the molecule is Cc1ccc(S(=O)(=O)N(CC(=O)N/N=C\c2sccc2C)c2ccccc2)cc1. The summed E-state index contributed by atoms with van der Waals surface area (Å²) in [7, 11) is -3.92. The van der Waals surface area contributed by atoms with Crippen LogP contribution < -0.4 is 9.73 Å². The van der Waals surface area contributed by atoms with Crippen molar-refractivity contribution in [2.75, 3.05) is 10.8 Å². The van der Waals surface area contributed by atoms with Gasteiger partial charge in [-0.15, -0.1) is 11.3 Å². The molecule has 1 amide bonds. The molecule has 150 valence electrons. The number of para-hydroxylation sites is 1. The summed E-state index contributed by atoms with van der Waals surface area (Å²) in [6, 6.07) is 17.0. The van der Waals surface area contributed by atoms with Gasteiger partial charge in [-0.05, 0) is 55.1 Å². The zero-order valence-electron chi connectivity index (χ0n) is 16.1. The Bertz CT molecular complexity index is 1110. The van der Waals surface area contributed by atoms with E-state index in [2.05, 4.69) is 10.5 Å². The zero-order chi connectivity index (χ0) is 20.9. The van der Waals surface area contributed by atoms with E-state index in [0.29, 0.717) is 5.69 Å². The lowest BCUT2D eigenvalue weighted by Crippen LogP contribution is -2.39. The van der Waals surface area contributed by atoms with E-state index in [1.807, 2.05) is 25.3 Å². The lowest BCUT2D eigenvalue weighted by atomic mass is 10.2. The van der Waals surface area contributed by atoms with E-state index < -0.39 is 15.9 Å². The van der Waals surface area contributed by atoms with E-state index in [-0.39, 0.29) is 11.4 Å². The minimum absolute atomic E-state index is 0.123. The van der Waals surface area contributed by atoms with Crippen molar-refractivity contribution >= 4 is 39.2 Å². The third kappa shape index (κ3) is 5.10. The van der Waals surface area contributed by atoms with Crippen LogP contribution in [-0.2, 0) is 14.8 Å². The summed E-state index contributed by atoms with van der Waals surface area (Å²) in [5.74, 6) is -0.532. The van der Waals surface area contributed by atoms with Gasteiger partial charge < -0.3 is 0 Å². The number of amides is 1. The molecule has 1 N–H and O–H groups in total. The highest BCUT2D eigenvalue weighted by atomic mass is 32.2. The van der Waals surface area contributed by atoms with Gasteiger partial charge in [-0.25, -0.2) is 13.8 Å². The topological polar surface area (TPSA) is 78.8 Å². The summed E-state index contributed by atoms with van der Waals surface area (Å²) in [4.78, 5) is 13.5. The zero-order valence-corrected chi connectivity index (χ0v) is 17.7. The Labute approximate surface area is 174 Å². The summed E-state index contributed by atoms with van der Waals surface area (Å²) in [6.07, 6.45) is 1.55. The van der Waals surface area contributed by atoms with E-state index >= 15 is 0 Å². The molecule has 0 atom stereocenters. The number of benzene rings is 2. The van der Waals surface area contributed by atoms with Crippen molar-refractivity contribution < 1.29 is 13.2 Å². The molecule has 0 saturated heterocycles.